The van der Waals surface area contributed by atoms with Gasteiger partial charge in [0.25, 0.3) is 0 Å². The number of hydrogen-bond donors (Lipinski definition) is 2. The van der Waals surface area contributed by atoms with Crippen LogP contribution < -0.4 is 5.73 Å². The molecule has 0 spiro atoms. The molecule has 1 fully saturated rings. The molecule has 3 N–H and O–H groups in total. The highest BCUT2D eigenvalue weighted by atomic mass is 16.5. The van der Waals surface area contributed by atoms with E-state index in [1.165, 1.54) is 25.7 Å². The summed E-state index contributed by atoms with van der Waals surface area (Å²) in [6, 6.07) is 0. The summed E-state index contributed by atoms with van der Waals surface area (Å²) in [6.07, 6.45) is 6.61. The van der Waals surface area contributed by atoms with Crippen LogP contribution in [-0.2, 0) is 4.74 Å². The lowest BCUT2D eigenvalue weighted by atomic mass is 9.80. The fraction of sp³-hybridized carbons (Fsp3) is 1.00. The van der Waals surface area contributed by atoms with Gasteiger partial charge >= 0.3 is 0 Å². The monoisotopic (exact) mass is 243 g/mol. The molecule has 0 amide bonds. The van der Waals surface area contributed by atoms with Gasteiger partial charge in [0.1, 0.15) is 0 Å². The van der Waals surface area contributed by atoms with Crippen molar-refractivity contribution in [3.8, 4) is 0 Å². The number of nitrogens with two attached hydrogens (primary N) is 1. The maximum absolute atomic E-state index is 10.1. The van der Waals surface area contributed by atoms with Crippen molar-refractivity contribution in [3.05, 3.63) is 0 Å². The first-order chi connectivity index (χ1) is 8.15. The smallest absolute Gasteiger partial charge is 0.0874 e. The largest absolute Gasteiger partial charge is 0.388 e. The van der Waals surface area contributed by atoms with Gasteiger partial charge < -0.3 is 15.6 Å². The van der Waals surface area contributed by atoms with Crippen LogP contribution in [0.1, 0.15) is 52.4 Å². The Kier molecular flexibility index (Phi) is 6.45. The molecule has 2 unspecified atom stereocenters. The molecule has 3 nitrogen and oxygen atoms in total. The molecule has 0 heterocycles. The van der Waals surface area contributed by atoms with Crippen LogP contribution in [0.4, 0.5) is 0 Å². The lowest BCUT2D eigenvalue weighted by molar-refractivity contribution is -0.0648. The van der Waals surface area contributed by atoms with E-state index in [4.69, 9.17) is 10.5 Å². The minimum absolute atomic E-state index is 0.466. The highest BCUT2D eigenvalue weighted by Gasteiger charge is 2.26. The molecule has 0 radical (unpaired) electrons. The van der Waals surface area contributed by atoms with E-state index in [0.717, 1.165) is 26.0 Å². The molecular weight excluding hydrogens is 214 g/mol. The molecule has 0 aromatic carbocycles. The Morgan fingerprint density at radius 3 is 2.29 bits per heavy atom. The van der Waals surface area contributed by atoms with Gasteiger partial charge in [-0.2, -0.15) is 0 Å². The molecule has 102 valence electrons. The summed E-state index contributed by atoms with van der Waals surface area (Å²) >= 11 is 0. The standard InChI is InChI=1S/C14H29NO2/c1-3-14(16,4-2)11-17-10-13-8-6-5-7-12(13)9-15/h12-13,16H,3-11,15H2,1-2H3. The van der Waals surface area contributed by atoms with Crippen LogP contribution in [0.5, 0.6) is 0 Å². The van der Waals surface area contributed by atoms with E-state index in [9.17, 15) is 5.11 Å². The molecule has 1 saturated carbocycles. The summed E-state index contributed by atoms with van der Waals surface area (Å²) in [5, 5.41) is 10.1. The van der Waals surface area contributed by atoms with Crippen LogP contribution in [0.2, 0.25) is 0 Å². The van der Waals surface area contributed by atoms with Gasteiger partial charge in [-0.15, -0.1) is 0 Å². The molecule has 0 aromatic rings. The molecule has 0 bridgehead atoms. The van der Waals surface area contributed by atoms with E-state index in [1.54, 1.807) is 0 Å². The molecule has 1 aliphatic rings. The number of hydrogen-bond acceptors (Lipinski definition) is 3. The van der Waals surface area contributed by atoms with E-state index >= 15 is 0 Å². The maximum Gasteiger partial charge on any atom is 0.0874 e. The Morgan fingerprint density at radius 1 is 1.18 bits per heavy atom. The second-order valence-corrected chi connectivity index (χ2v) is 5.49. The molecule has 1 aliphatic carbocycles. The van der Waals surface area contributed by atoms with Crippen molar-refractivity contribution >= 4 is 0 Å². The first-order valence-corrected chi connectivity index (χ1v) is 7.15. The summed E-state index contributed by atoms with van der Waals surface area (Å²) in [5.74, 6) is 1.23. The predicted octanol–water partition coefficient (Wildman–Crippen LogP) is 2.32. The second-order valence-electron chi connectivity index (χ2n) is 5.49. The van der Waals surface area contributed by atoms with Crippen molar-refractivity contribution in [1.29, 1.82) is 0 Å². The first-order valence-electron chi connectivity index (χ1n) is 7.15. The fourth-order valence-corrected chi connectivity index (χ4v) is 2.67. The van der Waals surface area contributed by atoms with Crippen molar-refractivity contribution in [1.82, 2.24) is 0 Å². The lowest BCUT2D eigenvalue weighted by Crippen LogP contribution is -2.35. The first kappa shape index (κ1) is 14.9. The van der Waals surface area contributed by atoms with Gasteiger partial charge in [-0.1, -0.05) is 26.7 Å². The molecule has 2 atom stereocenters. The topological polar surface area (TPSA) is 55.5 Å². The summed E-state index contributed by atoms with van der Waals surface area (Å²) in [6.45, 7) is 6.03. The van der Waals surface area contributed by atoms with Gasteiger partial charge in [-0.25, -0.2) is 0 Å². The van der Waals surface area contributed by atoms with Crippen LogP contribution in [0, 0.1) is 11.8 Å². The second kappa shape index (κ2) is 7.34. The Labute approximate surface area is 106 Å². The van der Waals surface area contributed by atoms with Gasteiger partial charge in [-0.05, 0) is 44.1 Å². The molecule has 0 aromatic heterocycles. The van der Waals surface area contributed by atoms with Crippen LogP contribution in [0.3, 0.4) is 0 Å². The maximum atomic E-state index is 10.1. The van der Waals surface area contributed by atoms with Crippen LogP contribution >= 0.6 is 0 Å². The predicted molar refractivity (Wildman–Crippen MR) is 70.9 cm³/mol. The van der Waals surface area contributed by atoms with Crippen molar-refractivity contribution in [2.75, 3.05) is 19.8 Å². The molecule has 17 heavy (non-hydrogen) atoms. The van der Waals surface area contributed by atoms with E-state index in [2.05, 4.69) is 0 Å². The van der Waals surface area contributed by atoms with Gasteiger partial charge in [0.15, 0.2) is 0 Å². The normalized spacial score (nSPS) is 26.1. The molecule has 0 aliphatic heterocycles. The van der Waals surface area contributed by atoms with Crippen LogP contribution in [-0.4, -0.2) is 30.5 Å². The highest BCUT2D eigenvalue weighted by molar-refractivity contribution is 4.78. The van der Waals surface area contributed by atoms with Gasteiger partial charge in [-0.3, -0.25) is 0 Å². The van der Waals surface area contributed by atoms with E-state index in [0.29, 0.717) is 18.4 Å². The summed E-state index contributed by atoms with van der Waals surface area (Å²) < 4.78 is 5.75. The minimum atomic E-state index is -0.632. The Morgan fingerprint density at radius 2 is 1.76 bits per heavy atom. The van der Waals surface area contributed by atoms with Gasteiger partial charge in [0.2, 0.25) is 0 Å². The summed E-state index contributed by atoms with van der Waals surface area (Å²) in [7, 11) is 0. The Hall–Kier alpha value is -0.120. The summed E-state index contributed by atoms with van der Waals surface area (Å²) in [4.78, 5) is 0. The van der Waals surface area contributed by atoms with Crippen molar-refractivity contribution in [3.63, 3.8) is 0 Å². The quantitative estimate of drug-likeness (QED) is 0.721. The highest BCUT2D eigenvalue weighted by Crippen LogP contribution is 2.29. The van der Waals surface area contributed by atoms with Crippen molar-refractivity contribution < 1.29 is 9.84 Å². The Balaban J connectivity index is 2.29. The molecule has 0 saturated heterocycles. The average molecular weight is 243 g/mol. The third-order valence-corrected chi connectivity index (χ3v) is 4.39. The third kappa shape index (κ3) is 4.57. The van der Waals surface area contributed by atoms with Crippen molar-refractivity contribution in [2.24, 2.45) is 17.6 Å². The fourth-order valence-electron chi connectivity index (χ4n) is 2.67. The van der Waals surface area contributed by atoms with Crippen LogP contribution in [0.25, 0.3) is 0 Å². The van der Waals surface area contributed by atoms with Crippen LogP contribution in [0.15, 0.2) is 0 Å². The Bertz CT molecular complexity index is 204. The average Bonchev–Trinajstić information content (AvgIpc) is 2.39. The van der Waals surface area contributed by atoms with Gasteiger partial charge in [0, 0.05) is 6.61 Å². The molecular formula is C14H29NO2. The zero-order valence-corrected chi connectivity index (χ0v) is 11.5. The molecule has 3 heteroatoms. The van der Waals surface area contributed by atoms with Crippen molar-refractivity contribution in [2.45, 2.75) is 58.0 Å². The lowest BCUT2D eigenvalue weighted by Gasteiger charge is -2.32. The molecule has 1 rings (SSSR count). The zero-order valence-electron chi connectivity index (χ0n) is 11.5. The SMILES string of the molecule is CCC(O)(CC)COCC1CCCCC1CN. The number of ether oxygens (including phenoxy) is 1. The number of rotatable bonds is 7. The number of aliphatic hydroxyl groups is 1. The minimum Gasteiger partial charge on any atom is -0.388 e. The zero-order chi connectivity index (χ0) is 12.7. The van der Waals surface area contributed by atoms with E-state index in [-0.39, 0.29) is 0 Å². The van der Waals surface area contributed by atoms with Gasteiger partial charge in [0.05, 0.1) is 12.2 Å². The summed E-state index contributed by atoms with van der Waals surface area (Å²) in [5.41, 5.74) is 5.17. The third-order valence-electron chi connectivity index (χ3n) is 4.39. The van der Waals surface area contributed by atoms with E-state index < -0.39 is 5.60 Å². The van der Waals surface area contributed by atoms with E-state index in [1.807, 2.05) is 13.8 Å².